The molecule has 1 aliphatic heterocycles. The van der Waals surface area contributed by atoms with E-state index in [1.807, 2.05) is 16.8 Å². The van der Waals surface area contributed by atoms with Gasteiger partial charge in [0, 0.05) is 24.9 Å². The van der Waals surface area contributed by atoms with Crippen molar-refractivity contribution in [3.63, 3.8) is 0 Å². The minimum absolute atomic E-state index is 0.233. The summed E-state index contributed by atoms with van der Waals surface area (Å²) in [5.74, 6) is 0. The molecule has 4 nitrogen and oxygen atoms in total. The highest BCUT2D eigenvalue weighted by Gasteiger charge is 2.28. The van der Waals surface area contributed by atoms with Crippen molar-refractivity contribution < 1.29 is 0 Å². The van der Waals surface area contributed by atoms with Crippen LogP contribution in [0, 0.1) is 6.92 Å². The van der Waals surface area contributed by atoms with E-state index < -0.39 is 0 Å². The van der Waals surface area contributed by atoms with Crippen LogP contribution in [0.5, 0.6) is 0 Å². The van der Waals surface area contributed by atoms with Gasteiger partial charge < -0.3 is 5.32 Å². The summed E-state index contributed by atoms with van der Waals surface area (Å²) in [6.45, 7) is 9.61. The molecule has 23 heavy (non-hydrogen) atoms. The van der Waals surface area contributed by atoms with Gasteiger partial charge in [0.15, 0.2) is 0 Å². The molecule has 1 atom stereocenters. The lowest BCUT2D eigenvalue weighted by atomic mass is 9.96. The van der Waals surface area contributed by atoms with Crippen molar-refractivity contribution in [1.29, 1.82) is 0 Å². The standard InChI is InChI=1S/C19H26N4/c1-13(2)12-20-16-8-10-22(5)19(15(16)4)17-11-18-14(3)7-6-9-23(18)21-17/h6-7,9,11-12,19-20H,8,10H2,1-5H3. The van der Waals surface area contributed by atoms with E-state index in [-0.39, 0.29) is 6.04 Å². The van der Waals surface area contributed by atoms with Crippen molar-refractivity contribution in [2.24, 2.45) is 0 Å². The van der Waals surface area contributed by atoms with E-state index in [4.69, 9.17) is 5.10 Å². The minimum Gasteiger partial charge on any atom is -0.365 e. The van der Waals surface area contributed by atoms with Gasteiger partial charge in [-0.2, -0.15) is 5.10 Å². The molecule has 3 rings (SSSR count). The molecule has 0 amide bonds. The Hall–Kier alpha value is -2.07. The lowest BCUT2D eigenvalue weighted by Crippen LogP contribution is -2.34. The highest BCUT2D eigenvalue weighted by Crippen LogP contribution is 2.33. The van der Waals surface area contributed by atoms with Crippen LogP contribution in [0.3, 0.4) is 0 Å². The monoisotopic (exact) mass is 310 g/mol. The fourth-order valence-corrected chi connectivity index (χ4v) is 3.28. The fourth-order valence-electron chi connectivity index (χ4n) is 3.28. The van der Waals surface area contributed by atoms with Gasteiger partial charge in [-0.3, -0.25) is 4.90 Å². The molecule has 2 aromatic rings. The second kappa shape index (κ2) is 6.20. The topological polar surface area (TPSA) is 32.6 Å². The van der Waals surface area contributed by atoms with Crippen LogP contribution in [0.1, 0.15) is 44.5 Å². The summed E-state index contributed by atoms with van der Waals surface area (Å²) in [4.78, 5) is 2.39. The highest BCUT2D eigenvalue weighted by atomic mass is 15.3. The van der Waals surface area contributed by atoms with E-state index in [1.54, 1.807) is 0 Å². The van der Waals surface area contributed by atoms with Gasteiger partial charge in [0.25, 0.3) is 0 Å². The first-order chi connectivity index (χ1) is 11.0. The summed E-state index contributed by atoms with van der Waals surface area (Å²) in [7, 11) is 2.18. The maximum atomic E-state index is 4.83. The minimum atomic E-state index is 0.233. The Kier molecular flexibility index (Phi) is 4.26. The molecule has 0 saturated carbocycles. The number of aryl methyl sites for hydroxylation is 1. The third-order valence-electron chi connectivity index (χ3n) is 4.59. The average molecular weight is 310 g/mol. The van der Waals surface area contributed by atoms with Gasteiger partial charge >= 0.3 is 0 Å². The number of aromatic nitrogens is 2. The van der Waals surface area contributed by atoms with Gasteiger partial charge in [0.05, 0.1) is 17.3 Å². The number of fused-ring (bicyclic) bond motifs is 1. The van der Waals surface area contributed by atoms with Crippen LogP contribution in [-0.4, -0.2) is 28.1 Å². The molecule has 1 N–H and O–H groups in total. The molecule has 0 fully saturated rings. The van der Waals surface area contributed by atoms with Crippen LogP contribution in [0.2, 0.25) is 0 Å². The van der Waals surface area contributed by atoms with Crippen molar-refractivity contribution in [3.05, 3.63) is 58.7 Å². The second-order valence-electron chi connectivity index (χ2n) is 6.75. The molecule has 0 bridgehead atoms. The van der Waals surface area contributed by atoms with Crippen LogP contribution in [-0.2, 0) is 0 Å². The molecule has 0 spiro atoms. The number of allylic oxidation sites excluding steroid dienone is 1. The number of nitrogens with zero attached hydrogens (tertiary/aromatic N) is 3. The van der Waals surface area contributed by atoms with Crippen molar-refractivity contribution in [3.8, 4) is 0 Å². The SMILES string of the molecule is CC(C)=CNC1=C(C)C(c2cc3c(C)cccn3n2)N(C)CC1. The summed E-state index contributed by atoms with van der Waals surface area (Å²) in [5.41, 5.74) is 7.53. The lowest BCUT2D eigenvalue weighted by molar-refractivity contribution is 0.253. The Labute approximate surface area is 138 Å². The molecule has 122 valence electrons. The van der Waals surface area contributed by atoms with Crippen LogP contribution in [0.4, 0.5) is 0 Å². The molecule has 4 heteroatoms. The van der Waals surface area contributed by atoms with Crippen molar-refractivity contribution in [1.82, 2.24) is 19.8 Å². The largest absolute Gasteiger partial charge is 0.365 e. The zero-order chi connectivity index (χ0) is 16.6. The third-order valence-corrected chi connectivity index (χ3v) is 4.59. The van der Waals surface area contributed by atoms with E-state index in [0.29, 0.717) is 0 Å². The quantitative estimate of drug-likeness (QED) is 0.936. The lowest BCUT2D eigenvalue weighted by Gasteiger charge is -2.34. The van der Waals surface area contributed by atoms with Gasteiger partial charge in [-0.05, 0) is 64.2 Å². The Morgan fingerprint density at radius 3 is 2.83 bits per heavy atom. The van der Waals surface area contributed by atoms with Gasteiger partial charge in [-0.1, -0.05) is 11.6 Å². The molecule has 1 aliphatic rings. The van der Waals surface area contributed by atoms with E-state index in [1.165, 1.54) is 27.9 Å². The van der Waals surface area contributed by atoms with E-state index in [0.717, 1.165) is 18.7 Å². The van der Waals surface area contributed by atoms with Crippen LogP contribution >= 0.6 is 0 Å². The normalized spacial score (nSPS) is 19.3. The summed E-state index contributed by atoms with van der Waals surface area (Å²) < 4.78 is 1.99. The predicted octanol–water partition coefficient (Wildman–Crippen LogP) is 3.81. The van der Waals surface area contributed by atoms with Crippen molar-refractivity contribution in [2.45, 2.75) is 40.2 Å². The first-order valence-electron chi connectivity index (χ1n) is 8.22. The number of likely N-dealkylation sites (N-methyl/N-ethyl adjacent to an activating group) is 1. The number of nitrogens with one attached hydrogen (secondary N) is 1. The van der Waals surface area contributed by atoms with Gasteiger partial charge in [-0.25, -0.2) is 4.52 Å². The summed E-state index contributed by atoms with van der Waals surface area (Å²) >= 11 is 0. The third kappa shape index (κ3) is 3.04. The zero-order valence-corrected chi connectivity index (χ0v) is 14.7. The number of rotatable bonds is 3. The summed E-state index contributed by atoms with van der Waals surface area (Å²) in [5, 5.41) is 8.32. The maximum Gasteiger partial charge on any atom is 0.0849 e. The van der Waals surface area contributed by atoms with Crippen molar-refractivity contribution >= 4 is 5.52 Å². The highest BCUT2D eigenvalue weighted by molar-refractivity contribution is 5.55. The Balaban J connectivity index is 2.02. The number of hydrogen-bond donors (Lipinski definition) is 1. The first kappa shape index (κ1) is 15.8. The van der Waals surface area contributed by atoms with Crippen LogP contribution in [0.25, 0.3) is 5.52 Å². The fraction of sp³-hybridized carbons (Fsp3) is 0.421. The van der Waals surface area contributed by atoms with Crippen LogP contribution in [0.15, 0.2) is 47.4 Å². The van der Waals surface area contributed by atoms with Gasteiger partial charge in [0.2, 0.25) is 0 Å². The molecule has 3 heterocycles. The van der Waals surface area contributed by atoms with E-state index >= 15 is 0 Å². The smallest absolute Gasteiger partial charge is 0.0849 e. The molecule has 0 aliphatic carbocycles. The second-order valence-corrected chi connectivity index (χ2v) is 6.75. The van der Waals surface area contributed by atoms with Gasteiger partial charge in [-0.15, -0.1) is 0 Å². The Bertz CT molecular complexity index is 778. The summed E-state index contributed by atoms with van der Waals surface area (Å²) in [6, 6.07) is 6.64. The van der Waals surface area contributed by atoms with Gasteiger partial charge in [0.1, 0.15) is 0 Å². The van der Waals surface area contributed by atoms with Crippen molar-refractivity contribution in [2.75, 3.05) is 13.6 Å². The molecular weight excluding hydrogens is 284 g/mol. The Morgan fingerprint density at radius 2 is 2.13 bits per heavy atom. The zero-order valence-electron chi connectivity index (χ0n) is 14.7. The van der Waals surface area contributed by atoms with E-state index in [9.17, 15) is 0 Å². The number of hydrogen-bond acceptors (Lipinski definition) is 3. The van der Waals surface area contributed by atoms with E-state index in [2.05, 4.69) is 63.3 Å². The maximum absolute atomic E-state index is 4.83. The molecule has 0 aromatic carbocycles. The summed E-state index contributed by atoms with van der Waals surface area (Å²) in [6.07, 6.45) is 5.17. The van der Waals surface area contributed by atoms with Crippen LogP contribution < -0.4 is 5.32 Å². The predicted molar refractivity (Wildman–Crippen MR) is 95.2 cm³/mol. The Morgan fingerprint density at radius 1 is 1.35 bits per heavy atom. The molecule has 0 radical (unpaired) electrons. The molecule has 1 unspecified atom stereocenters. The molecule has 2 aromatic heterocycles. The number of pyridine rings is 1. The molecule has 0 saturated heterocycles. The average Bonchev–Trinajstić information content (AvgIpc) is 2.91. The molecular formula is C19H26N4. The first-order valence-corrected chi connectivity index (χ1v) is 8.22.